The van der Waals surface area contributed by atoms with Crippen LogP contribution in [0.3, 0.4) is 0 Å². The first-order chi connectivity index (χ1) is 8.69. The number of hydrogen-bond acceptors (Lipinski definition) is 5. The molecule has 96 valence electrons. The van der Waals surface area contributed by atoms with Crippen LogP contribution in [0.2, 0.25) is 0 Å². The van der Waals surface area contributed by atoms with E-state index in [1.54, 1.807) is 17.1 Å². The van der Waals surface area contributed by atoms with Crippen LogP contribution in [0.1, 0.15) is 11.3 Å². The van der Waals surface area contributed by atoms with Crippen molar-refractivity contribution in [1.82, 2.24) is 25.1 Å². The van der Waals surface area contributed by atoms with E-state index in [2.05, 4.69) is 25.3 Å². The summed E-state index contributed by atoms with van der Waals surface area (Å²) in [4.78, 5) is 10.8. The van der Waals surface area contributed by atoms with Crippen LogP contribution in [0.15, 0.2) is 24.8 Å². The van der Waals surface area contributed by atoms with Crippen molar-refractivity contribution >= 4 is 5.82 Å². The van der Waals surface area contributed by atoms with Crippen LogP contribution in [-0.4, -0.2) is 33.8 Å². The lowest BCUT2D eigenvalue weighted by atomic mass is 10.3. The molecule has 2 aromatic rings. The number of aromatic nitrogens is 4. The zero-order valence-corrected chi connectivity index (χ0v) is 11.0. The number of nitrogens with one attached hydrogen (secondary N) is 1. The van der Waals surface area contributed by atoms with Crippen molar-refractivity contribution < 1.29 is 0 Å². The molecule has 1 N–H and O–H groups in total. The molecule has 0 aliphatic rings. The summed E-state index contributed by atoms with van der Waals surface area (Å²) in [6.45, 7) is 1.49. The topological polar surface area (TPSA) is 58.9 Å². The second-order valence-electron chi connectivity index (χ2n) is 4.28. The molecule has 2 rings (SSSR count). The Kier molecular flexibility index (Phi) is 3.88. The summed E-state index contributed by atoms with van der Waals surface area (Å²) >= 11 is 0. The molecule has 2 aromatic heterocycles. The molecule has 2 heterocycles. The Hall–Kier alpha value is -1.95. The molecule has 0 bridgehead atoms. The minimum absolute atomic E-state index is 0.724. The van der Waals surface area contributed by atoms with E-state index in [-0.39, 0.29) is 0 Å². The van der Waals surface area contributed by atoms with Crippen molar-refractivity contribution in [2.45, 2.75) is 13.1 Å². The SMILES string of the molecule is CNCc1cncc(N(C)Cc2cnn(C)c2)n1. The van der Waals surface area contributed by atoms with E-state index in [9.17, 15) is 0 Å². The Bertz CT molecular complexity index is 507. The molecule has 0 radical (unpaired) electrons. The minimum atomic E-state index is 0.724. The molecule has 0 saturated carbocycles. The Labute approximate surface area is 107 Å². The fraction of sp³-hybridized carbons (Fsp3) is 0.417. The van der Waals surface area contributed by atoms with Gasteiger partial charge in [0.2, 0.25) is 0 Å². The van der Waals surface area contributed by atoms with E-state index in [0.29, 0.717) is 0 Å². The quantitative estimate of drug-likeness (QED) is 0.835. The smallest absolute Gasteiger partial charge is 0.147 e. The first kappa shape index (κ1) is 12.5. The van der Waals surface area contributed by atoms with Crippen molar-refractivity contribution in [3.63, 3.8) is 0 Å². The van der Waals surface area contributed by atoms with Crippen molar-refractivity contribution in [2.24, 2.45) is 7.05 Å². The normalized spacial score (nSPS) is 10.6. The highest BCUT2D eigenvalue weighted by molar-refractivity contribution is 5.36. The van der Waals surface area contributed by atoms with Crippen LogP contribution < -0.4 is 10.2 Å². The second-order valence-corrected chi connectivity index (χ2v) is 4.28. The van der Waals surface area contributed by atoms with Crippen molar-refractivity contribution in [2.75, 3.05) is 19.0 Å². The first-order valence-corrected chi connectivity index (χ1v) is 5.83. The summed E-state index contributed by atoms with van der Waals surface area (Å²) in [5, 5.41) is 7.22. The van der Waals surface area contributed by atoms with Crippen LogP contribution in [-0.2, 0) is 20.1 Å². The molecule has 18 heavy (non-hydrogen) atoms. The highest BCUT2D eigenvalue weighted by atomic mass is 15.2. The van der Waals surface area contributed by atoms with Gasteiger partial charge < -0.3 is 10.2 Å². The molecule has 0 aliphatic heterocycles. The molecule has 0 spiro atoms. The maximum atomic E-state index is 4.54. The zero-order valence-electron chi connectivity index (χ0n) is 11.0. The molecule has 0 unspecified atom stereocenters. The Balaban J connectivity index is 2.08. The van der Waals surface area contributed by atoms with Crippen molar-refractivity contribution in [1.29, 1.82) is 0 Å². The molecular weight excluding hydrogens is 228 g/mol. The van der Waals surface area contributed by atoms with E-state index in [1.165, 1.54) is 0 Å². The van der Waals surface area contributed by atoms with Crippen LogP contribution in [0.4, 0.5) is 5.82 Å². The molecule has 0 aromatic carbocycles. The van der Waals surface area contributed by atoms with Crippen LogP contribution in [0.25, 0.3) is 0 Å². The summed E-state index contributed by atoms with van der Waals surface area (Å²) in [6, 6.07) is 0. The van der Waals surface area contributed by atoms with Gasteiger partial charge in [0.1, 0.15) is 5.82 Å². The lowest BCUT2D eigenvalue weighted by Crippen LogP contribution is -2.19. The molecule has 6 heteroatoms. The van der Waals surface area contributed by atoms with Gasteiger partial charge in [0.25, 0.3) is 0 Å². The largest absolute Gasteiger partial charge is 0.354 e. The fourth-order valence-corrected chi connectivity index (χ4v) is 1.75. The van der Waals surface area contributed by atoms with Gasteiger partial charge in [-0.3, -0.25) is 9.67 Å². The van der Waals surface area contributed by atoms with Gasteiger partial charge in [-0.15, -0.1) is 0 Å². The first-order valence-electron chi connectivity index (χ1n) is 5.83. The summed E-state index contributed by atoms with van der Waals surface area (Å²) < 4.78 is 1.80. The van der Waals surface area contributed by atoms with Gasteiger partial charge in [-0.05, 0) is 7.05 Å². The highest BCUT2D eigenvalue weighted by Gasteiger charge is 2.06. The van der Waals surface area contributed by atoms with Gasteiger partial charge >= 0.3 is 0 Å². The average Bonchev–Trinajstić information content (AvgIpc) is 2.75. The number of aryl methyl sites for hydroxylation is 1. The molecule has 0 fully saturated rings. The molecule has 0 aliphatic carbocycles. The van der Waals surface area contributed by atoms with Crippen molar-refractivity contribution in [3.05, 3.63) is 36.0 Å². The predicted octanol–water partition coefficient (Wildman–Crippen LogP) is 0.566. The molecule has 0 atom stereocenters. The van der Waals surface area contributed by atoms with Crippen molar-refractivity contribution in [3.8, 4) is 0 Å². The summed E-state index contributed by atoms with van der Waals surface area (Å²) in [5.41, 5.74) is 2.09. The van der Waals surface area contributed by atoms with Gasteiger partial charge in [-0.1, -0.05) is 0 Å². The second kappa shape index (κ2) is 5.59. The third-order valence-electron chi connectivity index (χ3n) is 2.60. The van der Waals surface area contributed by atoms with E-state index >= 15 is 0 Å². The highest BCUT2D eigenvalue weighted by Crippen LogP contribution is 2.11. The molecule has 0 saturated heterocycles. The maximum absolute atomic E-state index is 4.54. The molecular formula is C12H18N6. The summed E-state index contributed by atoms with van der Waals surface area (Å²) in [6.07, 6.45) is 7.41. The molecule has 6 nitrogen and oxygen atoms in total. The van der Waals surface area contributed by atoms with E-state index in [0.717, 1.165) is 30.2 Å². The Morgan fingerprint density at radius 2 is 2.17 bits per heavy atom. The maximum Gasteiger partial charge on any atom is 0.147 e. The van der Waals surface area contributed by atoms with Gasteiger partial charge in [0, 0.05) is 45.1 Å². The molecule has 0 amide bonds. The fourth-order valence-electron chi connectivity index (χ4n) is 1.75. The third kappa shape index (κ3) is 3.04. The van der Waals surface area contributed by atoms with Gasteiger partial charge in [0.15, 0.2) is 0 Å². The van der Waals surface area contributed by atoms with Crippen LogP contribution >= 0.6 is 0 Å². The number of rotatable bonds is 5. The standard InChI is InChI=1S/C12H18N6/c1-13-5-11-6-14-7-12(16-11)17(2)8-10-4-15-18(3)9-10/h4,6-7,9,13H,5,8H2,1-3H3. The lowest BCUT2D eigenvalue weighted by Gasteiger charge is -2.17. The van der Waals surface area contributed by atoms with Gasteiger partial charge in [-0.2, -0.15) is 5.10 Å². The lowest BCUT2D eigenvalue weighted by molar-refractivity contribution is 0.765. The third-order valence-corrected chi connectivity index (χ3v) is 2.60. The number of anilines is 1. The summed E-state index contributed by atoms with van der Waals surface area (Å²) in [7, 11) is 5.81. The Morgan fingerprint density at radius 3 is 2.83 bits per heavy atom. The zero-order chi connectivity index (χ0) is 13.0. The monoisotopic (exact) mass is 246 g/mol. The number of nitrogens with zero attached hydrogens (tertiary/aromatic N) is 5. The minimum Gasteiger partial charge on any atom is -0.354 e. The Morgan fingerprint density at radius 1 is 1.33 bits per heavy atom. The van der Waals surface area contributed by atoms with Crippen LogP contribution in [0.5, 0.6) is 0 Å². The van der Waals surface area contributed by atoms with Gasteiger partial charge in [-0.25, -0.2) is 4.98 Å². The number of hydrogen-bond donors (Lipinski definition) is 1. The predicted molar refractivity (Wildman–Crippen MR) is 70.1 cm³/mol. The van der Waals surface area contributed by atoms with Gasteiger partial charge in [0.05, 0.1) is 18.1 Å². The van der Waals surface area contributed by atoms with E-state index < -0.39 is 0 Å². The van der Waals surface area contributed by atoms with E-state index in [1.807, 2.05) is 33.5 Å². The van der Waals surface area contributed by atoms with E-state index in [4.69, 9.17) is 0 Å². The average molecular weight is 246 g/mol. The van der Waals surface area contributed by atoms with Crippen LogP contribution in [0, 0.1) is 0 Å². The summed E-state index contributed by atoms with van der Waals surface area (Å²) in [5.74, 6) is 0.867.